The normalized spacial score (nSPS) is 17.6. The zero-order valence-electron chi connectivity index (χ0n) is 13.3. The number of hydrogen-bond acceptors (Lipinski definition) is 3. The number of carbonyl (C=O) groups excluding carboxylic acids is 1. The van der Waals surface area contributed by atoms with E-state index in [4.69, 9.17) is 0 Å². The fourth-order valence-corrected chi connectivity index (χ4v) is 3.13. The van der Waals surface area contributed by atoms with Gasteiger partial charge in [0.25, 0.3) is 0 Å². The highest BCUT2D eigenvalue weighted by molar-refractivity contribution is 5.96. The van der Waals surface area contributed by atoms with E-state index < -0.39 is 12.0 Å². The molecule has 24 heavy (non-hydrogen) atoms. The van der Waals surface area contributed by atoms with Gasteiger partial charge in [0.1, 0.15) is 6.04 Å². The number of carboxylic acid groups (broad SMARTS) is 1. The Kier molecular flexibility index (Phi) is 4.91. The third-order valence-corrected chi connectivity index (χ3v) is 4.28. The molecule has 2 aromatic carbocycles. The molecule has 0 aliphatic carbocycles. The molecule has 2 aromatic rings. The summed E-state index contributed by atoms with van der Waals surface area (Å²) >= 11 is 0. The van der Waals surface area contributed by atoms with Crippen LogP contribution in [0.4, 0.5) is 5.69 Å². The minimum absolute atomic E-state index is 0.0973. The third kappa shape index (κ3) is 3.63. The van der Waals surface area contributed by atoms with Crippen molar-refractivity contribution in [1.82, 2.24) is 4.90 Å². The molecule has 0 radical (unpaired) electrons. The molecule has 1 heterocycles. The van der Waals surface area contributed by atoms with Gasteiger partial charge < -0.3 is 10.4 Å². The number of carboxylic acids is 1. The van der Waals surface area contributed by atoms with Crippen molar-refractivity contribution in [3.05, 3.63) is 54.6 Å². The van der Waals surface area contributed by atoms with Crippen LogP contribution in [0.25, 0.3) is 11.1 Å². The van der Waals surface area contributed by atoms with Crippen molar-refractivity contribution < 1.29 is 14.7 Å². The minimum Gasteiger partial charge on any atom is -0.480 e. The summed E-state index contributed by atoms with van der Waals surface area (Å²) in [6.45, 7) is 0.741. The Bertz CT molecular complexity index is 730. The lowest BCUT2D eigenvalue weighted by atomic mass is 10.0. The Balaban J connectivity index is 1.72. The molecule has 2 N–H and O–H groups in total. The SMILES string of the molecule is O=C(CN1CCCC1C(=O)O)Nc1ccccc1-c1ccccc1. The van der Waals surface area contributed by atoms with Crippen molar-refractivity contribution in [2.75, 3.05) is 18.4 Å². The molecule has 0 bridgehead atoms. The number of nitrogens with zero attached hydrogens (tertiary/aromatic N) is 1. The van der Waals surface area contributed by atoms with Crippen LogP contribution >= 0.6 is 0 Å². The molecule has 0 spiro atoms. The molecule has 1 unspecified atom stereocenters. The van der Waals surface area contributed by atoms with Crippen LogP contribution in [0.15, 0.2) is 54.6 Å². The number of benzene rings is 2. The van der Waals surface area contributed by atoms with E-state index in [9.17, 15) is 14.7 Å². The minimum atomic E-state index is -0.856. The smallest absolute Gasteiger partial charge is 0.320 e. The second kappa shape index (κ2) is 7.27. The van der Waals surface area contributed by atoms with E-state index in [1.807, 2.05) is 54.6 Å². The Hall–Kier alpha value is -2.66. The molecule has 3 rings (SSSR count). The predicted molar refractivity (Wildman–Crippen MR) is 92.7 cm³/mol. The number of amides is 1. The molecule has 0 aromatic heterocycles. The first kappa shape index (κ1) is 16.2. The van der Waals surface area contributed by atoms with Crippen molar-refractivity contribution in [3.63, 3.8) is 0 Å². The van der Waals surface area contributed by atoms with Gasteiger partial charge in [0, 0.05) is 11.3 Å². The standard InChI is InChI=1S/C19H20N2O3/c22-18(13-21-12-6-11-17(21)19(23)24)20-16-10-5-4-9-15(16)14-7-2-1-3-8-14/h1-5,7-10,17H,6,11-13H2,(H,20,22)(H,23,24). The molecule has 1 aliphatic rings. The highest BCUT2D eigenvalue weighted by Gasteiger charge is 2.31. The highest BCUT2D eigenvalue weighted by Crippen LogP contribution is 2.27. The van der Waals surface area contributed by atoms with E-state index >= 15 is 0 Å². The van der Waals surface area contributed by atoms with E-state index in [2.05, 4.69) is 5.32 Å². The fourth-order valence-electron chi connectivity index (χ4n) is 3.13. The van der Waals surface area contributed by atoms with Gasteiger partial charge in [-0.3, -0.25) is 14.5 Å². The van der Waals surface area contributed by atoms with Gasteiger partial charge in [0.2, 0.25) is 5.91 Å². The molecule has 1 amide bonds. The summed E-state index contributed by atoms with van der Waals surface area (Å²) in [4.78, 5) is 25.3. The Morgan fingerprint density at radius 1 is 1.08 bits per heavy atom. The predicted octanol–water partition coefficient (Wildman–Crippen LogP) is 2.84. The largest absolute Gasteiger partial charge is 0.480 e. The molecule has 124 valence electrons. The van der Waals surface area contributed by atoms with Crippen LogP contribution < -0.4 is 5.32 Å². The quantitative estimate of drug-likeness (QED) is 0.887. The molecule has 5 heteroatoms. The van der Waals surface area contributed by atoms with Gasteiger partial charge in [-0.1, -0.05) is 48.5 Å². The summed E-state index contributed by atoms with van der Waals surface area (Å²) in [5.74, 6) is -1.04. The maximum atomic E-state index is 12.4. The van der Waals surface area contributed by atoms with Crippen LogP contribution in [0.1, 0.15) is 12.8 Å². The number of nitrogens with one attached hydrogen (secondary N) is 1. The number of likely N-dealkylation sites (tertiary alicyclic amines) is 1. The lowest BCUT2D eigenvalue weighted by Gasteiger charge is -2.20. The average Bonchev–Trinajstić information content (AvgIpc) is 3.04. The summed E-state index contributed by atoms with van der Waals surface area (Å²) < 4.78 is 0. The average molecular weight is 324 g/mol. The fraction of sp³-hybridized carbons (Fsp3) is 0.263. The van der Waals surface area contributed by atoms with Crippen LogP contribution in [0.5, 0.6) is 0 Å². The van der Waals surface area contributed by atoms with Gasteiger partial charge >= 0.3 is 5.97 Å². The second-order valence-corrected chi connectivity index (χ2v) is 5.93. The van der Waals surface area contributed by atoms with E-state index in [0.717, 1.165) is 23.2 Å². The topological polar surface area (TPSA) is 69.6 Å². The lowest BCUT2D eigenvalue weighted by molar-refractivity contribution is -0.142. The zero-order valence-corrected chi connectivity index (χ0v) is 13.3. The number of anilines is 1. The molecular formula is C19H20N2O3. The van der Waals surface area contributed by atoms with Crippen LogP contribution in [0.2, 0.25) is 0 Å². The first-order valence-electron chi connectivity index (χ1n) is 8.06. The molecule has 1 atom stereocenters. The van der Waals surface area contributed by atoms with Crippen molar-refractivity contribution in [1.29, 1.82) is 0 Å². The first-order valence-corrected chi connectivity index (χ1v) is 8.06. The maximum Gasteiger partial charge on any atom is 0.320 e. The van der Waals surface area contributed by atoms with Gasteiger partial charge in [-0.25, -0.2) is 0 Å². The maximum absolute atomic E-state index is 12.4. The van der Waals surface area contributed by atoms with Crippen molar-refractivity contribution in [2.24, 2.45) is 0 Å². The summed E-state index contributed by atoms with van der Waals surface area (Å²) in [5.41, 5.74) is 2.71. The molecular weight excluding hydrogens is 304 g/mol. The number of carbonyl (C=O) groups is 2. The number of hydrogen-bond donors (Lipinski definition) is 2. The molecule has 1 aliphatic heterocycles. The van der Waals surface area contributed by atoms with Gasteiger partial charge in [-0.2, -0.15) is 0 Å². The van der Waals surface area contributed by atoms with Gasteiger partial charge in [0.05, 0.1) is 6.54 Å². The van der Waals surface area contributed by atoms with Crippen LogP contribution in [0.3, 0.4) is 0 Å². The van der Waals surface area contributed by atoms with Gasteiger partial charge in [-0.15, -0.1) is 0 Å². The monoisotopic (exact) mass is 324 g/mol. The summed E-state index contributed by atoms with van der Waals surface area (Å²) in [5, 5.41) is 12.1. The Labute approximate surface area is 140 Å². The third-order valence-electron chi connectivity index (χ3n) is 4.28. The number of para-hydroxylation sites is 1. The Morgan fingerprint density at radius 3 is 2.54 bits per heavy atom. The Morgan fingerprint density at radius 2 is 1.79 bits per heavy atom. The van der Waals surface area contributed by atoms with E-state index in [1.54, 1.807) is 4.90 Å². The first-order chi connectivity index (χ1) is 11.6. The van der Waals surface area contributed by atoms with E-state index in [0.29, 0.717) is 13.0 Å². The van der Waals surface area contributed by atoms with Gasteiger partial charge in [-0.05, 0) is 31.0 Å². The van der Waals surface area contributed by atoms with Crippen LogP contribution in [-0.2, 0) is 9.59 Å². The van der Waals surface area contributed by atoms with Crippen molar-refractivity contribution in [2.45, 2.75) is 18.9 Å². The molecule has 0 saturated carbocycles. The number of aliphatic carboxylic acids is 1. The summed E-state index contributed by atoms with van der Waals surface area (Å²) in [6, 6.07) is 16.9. The summed E-state index contributed by atoms with van der Waals surface area (Å²) in [6.07, 6.45) is 1.41. The lowest BCUT2D eigenvalue weighted by Crippen LogP contribution is -2.40. The molecule has 1 saturated heterocycles. The number of rotatable bonds is 5. The van der Waals surface area contributed by atoms with Gasteiger partial charge in [0.15, 0.2) is 0 Å². The molecule has 1 fully saturated rings. The van der Waals surface area contributed by atoms with Crippen LogP contribution in [-0.4, -0.2) is 41.0 Å². The second-order valence-electron chi connectivity index (χ2n) is 5.93. The van der Waals surface area contributed by atoms with E-state index in [-0.39, 0.29) is 12.5 Å². The zero-order chi connectivity index (χ0) is 16.9. The van der Waals surface area contributed by atoms with E-state index in [1.165, 1.54) is 0 Å². The summed E-state index contributed by atoms with van der Waals surface area (Å²) in [7, 11) is 0. The van der Waals surface area contributed by atoms with Crippen molar-refractivity contribution >= 4 is 17.6 Å². The van der Waals surface area contributed by atoms with Crippen LogP contribution in [0, 0.1) is 0 Å². The van der Waals surface area contributed by atoms with Crippen molar-refractivity contribution in [3.8, 4) is 11.1 Å². The highest BCUT2D eigenvalue weighted by atomic mass is 16.4. The molecule has 5 nitrogen and oxygen atoms in total.